The minimum absolute atomic E-state index is 0.0923. The SMILES string of the molecule is COc1ccc([C@@H]2C[C@@H](OC(=O)/C=C/c3ccc(O)cc3)C[C@H]3CCCCN32)cc1O. The monoisotopic (exact) mass is 423 g/mol. The molecule has 6 nitrogen and oxygen atoms in total. The van der Waals surface area contributed by atoms with E-state index in [1.54, 1.807) is 42.5 Å². The molecule has 4 rings (SSSR count). The van der Waals surface area contributed by atoms with Gasteiger partial charge in [0, 0.05) is 31.0 Å². The number of aromatic hydroxyl groups is 2. The van der Waals surface area contributed by atoms with E-state index >= 15 is 0 Å². The van der Waals surface area contributed by atoms with Crippen LogP contribution >= 0.6 is 0 Å². The Morgan fingerprint density at radius 2 is 1.90 bits per heavy atom. The smallest absolute Gasteiger partial charge is 0.331 e. The van der Waals surface area contributed by atoms with Crippen LogP contribution in [-0.2, 0) is 9.53 Å². The van der Waals surface area contributed by atoms with E-state index in [1.165, 1.54) is 19.6 Å². The number of piperidine rings is 2. The first-order chi connectivity index (χ1) is 15.0. The van der Waals surface area contributed by atoms with Crippen molar-refractivity contribution in [2.24, 2.45) is 0 Å². The number of fused-ring (bicyclic) bond motifs is 1. The Bertz CT molecular complexity index is 939. The molecule has 6 heteroatoms. The minimum Gasteiger partial charge on any atom is -0.508 e. The molecular formula is C25H29NO5. The summed E-state index contributed by atoms with van der Waals surface area (Å²) in [5, 5.41) is 19.6. The van der Waals surface area contributed by atoms with E-state index in [9.17, 15) is 15.0 Å². The van der Waals surface area contributed by atoms with Crippen LogP contribution in [0.4, 0.5) is 0 Å². The van der Waals surface area contributed by atoms with Crippen LogP contribution in [0.3, 0.4) is 0 Å². The predicted molar refractivity (Wildman–Crippen MR) is 118 cm³/mol. The van der Waals surface area contributed by atoms with E-state index in [2.05, 4.69) is 4.90 Å². The summed E-state index contributed by atoms with van der Waals surface area (Å²) in [6, 6.07) is 12.7. The second-order valence-electron chi connectivity index (χ2n) is 8.29. The molecule has 2 aromatic rings. The zero-order chi connectivity index (χ0) is 21.8. The fourth-order valence-electron chi connectivity index (χ4n) is 4.76. The van der Waals surface area contributed by atoms with Crippen molar-refractivity contribution in [3.05, 3.63) is 59.7 Å². The van der Waals surface area contributed by atoms with Crippen LogP contribution in [0.25, 0.3) is 6.08 Å². The Hall–Kier alpha value is -2.99. The Labute approximate surface area is 182 Å². The van der Waals surface area contributed by atoms with Crippen molar-refractivity contribution in [3.8, 4) is 17.2 Å². The van der Waals surface area contributed by atoms with E-state index in [-0.39, 0.29) is 29.6 Å². The standard InChI is InChI=1S/C25H29NO5/c1-30-24-11-8-18(14-23(24)28)22-16-21(15-19-4-2-3-13-26(19)22)31-25(29)12-7-17-5-9-20(27)10-6-17/h5-12,14,19,21-22,27-28H,2-4,13,15-16H2,1H3/b12-7+/t19-,21+,22+/m1/s1. The van der Waals surface area contributed by atoms with Gasteiger partial charge in [0.1, 0.15) is 11.9 Å². The molecule has 2 heterocycles. The first kappa shape index (κ1) is 21.2. The average Bonchev–Trinajstić information content (AvgIpc) is 2.78. The van der Waals surface area contributed by atoms with Crippen molar-refractivity contribution in [3.63, 3.8) is 0 Å². The van der Waals surface area contributed by atoms with Gasteiger partial charge in [-0.2, -0.15) is 0 Å². The van der Waals surface area contributed by atoms with E-state index in [4.69, 9.17) is 9.47 Å². The number of ether oxygens (including phenoxy) is 2. The fraction of sp³-hybridized carbons (Fsp3) is 0.400. The van der Waals surface area contributed by atoms with Gasteiger partial charge in [-0.1, -0.05) is 24.6 Å². The number of carbonyl (C=O) groups excluding carboxylic acids is 1. The highest BCUT2D eigenvalue weighted by molar-refractivity contribution is 5.87. The molecular weight excluding hydrogens is 394 g/mol. The molecule has 0 unspecified atom stereocenters. The molecule has 31 heavy (non-hydrogen) atoms. The van der Waals surface area contributed by atoms with Crippen LogP contribution in [0.1, 0.15) is 49.3 Å². The number of rotatable bonds is 5. The first-order valence-corrected chi connectivity index (χ1v) is 10.8. The van der Waals surface area contributed by atoms with Crippen molar-refractivity contribution in [1.82, 2.24) is 4.90 Å². The zero-order valence-corrected chi connectivity index (χ0v) is 17.7. The van der Waals surface area contributed by atoms with Gasteiger partial charge in [-0.25, -0.2) is 4.79 Å². The fourth-order valence-corrected chi connectivity index (χ4v) is 4.76. The van der Waals surface area contributed by atoms with Crippen LogP contribution in [0.15, 0.2) is 48.5 Å². The van der Waals surface area contributed by atoms with Crippen molar-refractivity contribution < 1.29 is 24.5 Å². The molecule has 2 saturated heterocycles. The molecule has 2 aliphatic heterocycles. The number of hydrogen-bond acceptors (Lipinski definition) is 6. The highest BCUT2D eigenvalue weighted by Gasteiger charge is 2.39. The Morgan fingerprint density at radius 3 is 2.65 bits per heavy atom. The molecule has 2 aliphatic rings. The van der Waals surface area contributed by atoms with Gasteiger partial charge in [-0.3, -0.25) is 4.90 Å². The van der Waals surface area contributed by atoms with Gasteiger partial charge < -0.3 is 19.7 Å². The molecule has 0 radical (unpaired) electrons. The lowest BCUT2D eigenvalue weighted by atomic mass is 9.84. The molecule has 0 aromatic heterocycles. The Kier molecular flexibility index (Phi) is 6.47. The van der Waals surface area contributed by atoms with E-state index in [0.717, 1.165) is 36.9 Å². The summed E-state index contributed by atoms with van der Waals surface area (Å²) in [6.45, 7) is 1.02. The van der Waals surface area contributed by atoms with Gasteiger partial charge >= 0.3 is 5.97 Å². The van der Waals surface area contributed by atoms with Crippen molar-refractivity contribution >= 4 is 12.0 Å². The third-order valence-electron chi connectivity index (χ3n) is 6.27. The second kappa shape index (κ2) is 9.43. The summed E-state index contributed by atoms with van der Waals surface area (Å²) < 4.78 is 11.0. The van der Waals surface area contributed by atoms with Crippen LogP contribution in [-0.4, -0.2) is 46.9 Å². The maximum Gasteiger partial charge on any atom is 0.331 e. The summed E-state index contributed by atoms with van der Waals surface area (Å²) >= 11 is 0. The van der Waals surface area contributed by atoms with Crippen LogP contribution in [0, 0.1) is 0 Å². The lowest BCUT2D eigenvalue weighted by Gasteiger charge is -2.47. The minimum atomic E-state index is -0.362. The number of phenolic OH excluding ortho intramolecular Hbond substituents is 2. The van der Waals surface area contributed by atoms with E-state index < -0.39 is 0 Å². The predicted octanol–water partition coefficient (Wildman–Crippen LogP) is 4.42. The van der Waals surface area contributed by atoms with Crippen molar-refractivity contribution in [2.45, 2.75) is 50.3 Å². The molecule has 2 N–H and O–H groups in total. The maximum absolute atomic E-state index is 12.5. The van der Waals surface area contributed by atoms with Gasteiger partial charge in [0.2, 0.25) is 0 Å². The van der Waals surface area contributed by atoms with Gasteiger partial charge in [0.15, 0.2) is 11.5 Å². The molecule has 3 atom stereocenters. The number of nitrogens with zero attached hydrogens (tertiary/aromatic N) is 1. The summed E-state index contributed by atoms with van der Waals surface area (Å²) in [6.07, 6.45) is 7.92. The zero-order valence-electron chi connectivity index (χ0n) is 17.7. The van der Waals surface area contributed by atoms with E-state index in [1.807, 2.05) is 6.07 Å². The van der Waals surface area contributed by atoms with Crippen molar-refractivity contribution in [2.75, 3.05) is 13.7 Å². The topological polar surface area (TPSA) is 79.2 Å². The molecule has 0 aliphatic carbocycles. The Morgan fingerprint density at radius 1 is 1.10 bits per heavy atom. The van der Waals surface area contributed by atoms with Gasteiger partial charge in [0.05, 0.1) is 7.11 Å². The number of phenols is 2. The second-order valence-corrected chi connectivity index (χ2v) is 8.29. The lowest BCUT2D eigenvalue weighted by Crippen LogP contribution is -2.49. The quantitative estimate of drug-likeness (QED) is 0.547. The van der Waals surface area contributed by atoms with Gasteiger partial charge in [0.25, 0.3) is 0 Å². The largest absolute Gasteiger partial charge is 0.508 e. The number of carbonyl (C=O) groups is 1. The van der Waals surface area contributed by atoms with Gasteiger partial charge in [-0.15, -0.1) is 0 Å². The number of methoxy groups -OCH3 is 1. The number of esters is 1. The van der Waals surface area contributed by atoms with Crippen molar-refractivity contribution in [1.29, 1.82) is 0 Å². The molecule has 2 fully saturated rings. The third-order valence-corrected chi connectivity index (χ3v) is 6.27. The summed E-state index contributed by atoms with van der Waals surface area (Å²) in [5.74, 6) is 0.412. The number of benzene rings is 2. The molecule has 2 aromatic carbocycles. The van der Waals surface area contributed by atoms with Gasteiger partial charge in [-0.05, 0) is 60.9 Å². The maximum atomic E-state index is 12.5. The normalized spacial score (nSPS) is 24.0. The molecule has 0 amide bonds. The van der Waals surface area contributed by atoms with Crippen LogP contribution in [0.2, 0.25) is 0 Å². The molecule has 0 spiro atoms. The first-order valence-electron chi connectivity index (χ1n) is 10.8. The average molecular weight is 424 g/mol. The van der Waals surface area contributed by atoms with E-state index in [0.29, 0.717) is 18.2 Å². The molecule has 164 valence electrons. The van der Waals surface area contributed by atoms with Crippen LogP contribution in [0.5, 0.6) is 17.2 Å². The summed E-state index contributed by atoms with van der Waals surface area (Å²) in [7, 11) is 1.54. The number of hydrogen-bond donors (Lipinski definition) is 2. The lowest BCUT2D eigenvalue weighted by molar-refractivity contribution is -0.148. The summed E-state index contributed by atoms with van der Waals surface area (Å²) in [5.41, 5.74) is 1.84. The molecule has 0 saturated carbocycles. The third kappa shape index (κ3) is 5.02. The molecule has 0 bridgehead atoms. The highest BCUT2D eigenvalue weighted by Crippen LogP contribution is 2.41. The Balaban J connectivity index is 1.47. The highest BCUT2D eigenvalue weighted by atomic mass is 16.5. The van der Waals surface area contributed by atoms with Crippen LogP contribution < -0.4 is 4.74 Å². The summed E-state index contributed by atoms with van der Waals surface area (Å²) in [4.78, 5) is 15.0.